The topological polar surface area (TPSA) is 106 Å². The standard InChI is InChI=1S/C20H14FN7O2/c1-26-13-8-24-12-7-14(30-2)10(16-17-18(22)25-28(16)17)6-9(12)15(13)27(20(26)29)19-11(21)4-3-5-23-19/h3-8H,1-2H3,(H2,22,25). The monoisotopic (exact) mass is 403 g/mol. The largest absolute Gasteiger partial charge is 0.496 e. The van der Waals surface area contributed by atoms with E-state index in [9.17, 15) is 9.18 Å². The van der Waals surface area contributed by atoms with Crippen molar-refractivity contribution in [2.24, 2.45) is 7.05 Å². The summed E-state index contributed by atoms with van der Waals surface area (Å²) in [7, 11) is 3.19. The average molecular weight is 403 g/mol. The minimum atomic E-state index is -0.594. The van der Waals surface area contributed by atoms with Gasteiger partial charge < -0.3 is 10.5 Å². The number of nitrogens with zero attached hydrogens (tertiary/aromatic N) is 6. The van der Waals surface area contributed by atoms with Gasteiger partial charge in [-0.1, -0.05) is 0 Å². The number of imidazole rings is 1. The molecular formula is C20H14FN7O2. The number of hydrogen-bond donors (Lipinski definition) is 1. The molecule has 6 rings (SSSR count). The van der Waals surface area contributed by atoms with Crippen LogP contribution in [0.25, 0.3) is 44.7 Å². The van der Waals surface area contributed by atoms with Gasteiger partial charge in [0.1, 0.15) is 17.1 Å². The van der Waals surface area contributed by atoms with Crippen molar-refractivity contribution in [3.63, 3.8) is 0 Å². The highest BCUT2D eigenvalue weighted by atomic mass is 19.1. The maximum atomic E-state index is 14.6. The molecule has 0 bridgehead atoms. The zero-order valence-corrected chi connectivity index (χ0v) is 15.9. The van der Waals surface area contributed by atoms with Crippen molar-refractivity contribution >= 4 is 27.8 Å². The molecule has 0 unspecified atom stereocenters. The van der Waals surface area contributed by atoms with Crippen LogP contribution in [0.1, 0.15) is 0 Å². The maximum absolute atomic E-state index is 14.6. The average Bonchev–Trinajstić information content (AvgIpc) is 3.29. The van der Waals surface area contributed by atoms with Gasteiger partial charge in [-0.15, -0.1) is 5.10 Å². The number of ether oxygens (including phenoxy) is 1. The molecule has 148 valence electrons. The number of nitrogens with two attached hydrogens (primary N) is 1. The number of pyridine rings is 2. The first-order valence-corrected chi connectivity index (χ1v) is 9.09. The van der Waals surface area contributed by atoms with Crippen molar-refractivity contribution in [2.45, 2.75) is 0 Å². The zero-order valence-electron chi connectivity index (χ0n) is 15.9. The summed E-state index contributed by atoms with van der Waals surface area (Å²) in [6.07, 6.45) is 3.03. The summed E-state index contributed by atoms with van der Waals surface area (Å²) in [5, 5.41) is 4.79. The number of aromatic nitrogens is 6. The van der Waals surface area contributed by atoms with Crippen molar-refractivity contribution < 1.29 is 9.13 Å². The van der Waals surface area contributed by atoms with Gasteiger partial charge in [-0.05, 0) is 18.2 Å². The van der Waals surface area contributed by atoms with E-state index in [0.29, 0.717) is 33.5 Å². The molecule has 4 aromatic rings. The first-order chi connectivity index (χ1) is 14.5. The van der Waals surface area contributed by atoms with E-state index in [1.807, 2.05) is 6.07 Å². The second kappa shape index (κ2) is 5.44. The van der Waals surface area contributed by atoms with E-state index < -0.39 is 11.5 Å². The molecule has 0 spiro atoms. The van der Waals surface area contributed by atoms with E-state index in [0.717, 1.165) is 16.9 Å². The Kier molecular flexibility index (Phi) is 3.03. The highest BCUT2D eigenvalue weighted by Gasteiger charge is 2.36. The molecule has 30 heavy (non-hydrogen) atoms. The number of nitrogen functional groups attached to an aromatic ring is 1. The van der Waals surface area contributed by atoms with Crippen LogP contribution >= 0.6 is 0 Å². The lowest BCUT2D eigenvalue weighted by Gasteiger charge is -2.09. The molecule has 5 heterocycles. The van der Waals surface area contributed by atoms with Crippen LogP contribution < -0.4 is 16.2 Å². The van der Waals surface area contributed by atoms with E-state index in [1.54, 1.807) is 31.1 Å². The summed E-state index contributed by atoms with van der Waals surface area (Å²) in [6, 6.07) is 6.40. The second-order valence-corrected chi connectivity index (χ2v) is 7.04. The molecular weight excluding hydrogens is 389 g/mol. The summed E-state index contributed by atoms with van der Waals surface area (Å²) in [4.78, 5) is 21.6. The Bertz CT molecular complexity index is 1600. The van der Waals surface area contributed by atoms with Gasteiger partial charge in [0.05, 0.1) is 29.9 Å². The number of anilines is 1. The molecule has 0 saturated carbocycles. The lowest BCUT2D eigenvalue weighted by molar-refractivity contribution is 0.417. The van der Waals surface area contributed by atoms with Crippen LogP contribution in [0.15, 0.2) is 41.5 Å². The number of methoxy groups -OCH3 is 1. The Morgan fingerprint density at radius 2 is 2.07 bits per heavy atom. The Labute approximate surface area is 167 Å². The molecule has 0 fully saturated rings. The fraction of sp³-hybridized carbons (Fsp3) is 0.100. The van der Waals surface area contributed by atoms with Crippen LogP contribution in [0, 0.1) is 5.82 Å². The van der Waals surface area contributed by atoms with Crippen LogP contribution in [0.5, 0.6) is 5.75 Å². The van der Waals surface area contributed by atoms with Gasteiger partial charge in [-0.25, -0.2) is 23.4 Å². The SMILES string of the molecule is COc1cc2ncc3c(c2cc1-c1c2c(N)nn1-2)n(-c1ncccc1F)c(=O)n3C. The molecule has 9 nitrogen and oxygen atoms in total. The molecule has 2 N–H and O–H groups in total. The number of benzene rings is 1. The van der Waals surface area contributed by atoms with Crippen molar-refractivity contribution in [1.82, 2.24) is 28.9 Å². The van der Waals surface area contributed by atoms with Crippen LogP contribution in [-0.4, -0.2) is 36.0 Å². The smallest absolute Gasteiger partial charge is 0.334 e. The summed E-state index contributed by atoms with van der Waals surface area (Å²) in [5.74, 6) is 0.407. The summed E-state index contributed by atoms with van der Waals surface area (Å²) in [6.45, 7) is 0. The van der Waals surface area contributed by atoms with E-state index >= 15 is 0 Å². The van der Waals surface area contributed by atoms with Gasteiger partial charge in [0.2, 0.25) is 0 Å². The highest BCUT2D eigenvalue weighted by Crippen LogP contribution is 2.49. The zero-order chi connectivity index (χ0) is 20.7. The third kappa shape index (κ3) is 1.94. The van der Waals surface area contributed by atoms with Crippen molar-refractivity contribution in [3.8, 4) is 28.5 Å². The summed E-state index contributed by atoms with van der Waals surface area (Å²) < 4.78 is 24.5. The first-order valence-electron chi connectivity index (χ1n) is 9.09. The second-order valence-electron chi connectivity index (χ2n) is 7.04. The lowest BCUT2D eigenvalue weighted by atomic mass is 10.1. The van der Waals surface area contributed by atoms with Crippen LogP contribution in [0.2, 0.25) is 0 Å². The van der Waals surface area contributed by atoms with Gasteiger partial charge in [-0.2, -0.15) is 0 Å². The van der Waals surface area contributed by atoms with Gasteiger partial charge in [0.25, 0.3) is 0 Å². The predicted molar refractivity (Wildman–Crippen MR) is 109 cm³/mol. The van der Waals surface area contributed by atoms with E-state index in [4.69, 9.17) is 10.5 Å². The molecule has 0 amide bonds. The molecule has 1 aromatic carbocycles. The Morgan fingerprint density at radius 3 is 2.73 bits per heavy atom. The van der Waals surface area contributed by atoms with Gasteiger partial charge in [0, 0.05) is 30.3 Å². The van der Waals surface area contributed by atoms with Crippen molar-refractivity contribution in [3.05, 3.63) is 53.0 Å². The molecule has 2 aliphatic rings. The molecule has 2 aliphatic heterocycles. The number of aryl methyl sites for hydroxylation is 1. The fourth-order valence-corrected chi connectivity index (χ4v) is 3.95. The molecule has 3 aromatic heterocycles. The number of rotatable bonds is 3. The lowest BCUT2D eigenvalue weighted by Crippen LogP contribution is -2.22. The fourth-order valence-electron chi connectivity index (χ4n) is 3.95. The van der Waals surface area contributed by atoms with Gasteiger partial charge in [-0.3, -0.25) is 9.55 Å². The van der Waals surface area contributed by atoms with Gasteiger partial charge >= 0.3 is 5.69 Å². The number of fused-ring (bicyclic) bond motifs is 4. The summed E-state index contributed by atoms with van der Waals surface area (Å²) in [5.41, 5.74) is 9.54. The molecule has 10 heteroatoms. The van der Waals surface area contributed by atoms with E-state index in [-0.39, 0.29) is 5.82 Å². The number of halogens is 1. The van der Waals surface area contributed by atoms with Crippen molar-refractivity contribution in [1.29, 1.82) is 0 Å². The normalized spacial score (nSPS) is 12.1. The third-order valence-electron chi connectivity index (χ3n) is 5.46. The molecule has 0 saturated heterocycles. The first kappa shape index (κ1) is 16.7. The predicted octanol–water partition coefficient (Wildman–Crippen LogP) is 2.17. The van der Waals surface area contributed by atoms with E-state index in [2.05, 4.69) is 15.1 Å². The van der Waals surface area contributed by atoms with Crippen LogP contribution in [-0.2, 0) is 7.05 Å². The van der Waals surface area contributed by atoms with Crippen LogP contribution in [0.4, 0.5) is 10.2 Å². The van der Waals surface area contributed by atoms with Crippen molar-refractivity contribution in [2.75, 3.05) is 12.8 Å². The maximum Gasteiger partial charge on any atom is 0.334 e. The Hall–Kier alpha value is -4.21. The number of hydrogen-bond acceptors (Lipinski definition) is 6. The summed E-state index contributed by atoms with van der Waals surface area (Å²) >= 11 is 0. The van der Waals surface area contributed by atoms with Gasteiger partial charge in [0.15, 0.2) is 17.5 Å². The molecule has 0 atom stereocenters. The Balaban J connectivity index is 1.76. The molecule has 0 radical (unpaired) electrons. The molecule has 0 aliphatic carbocycles. The third-order valence-corrected chi connectivity index (χ3v) is 5.46. The van der Waals surface area contributed by atoms with Crippen LogP contribution in [0.3, 0.4) is 0 Å². The Morgan fingerprint density at radius 1 is 1.23 bits per heavy atom. The minimum absolute atomic E-state index is 0.0668. The quantitative estimate of drug-likeness (QED) is 0.485. The van der Waals surface area contributed by atoms with E-state index in [1.165, 1.54) is 27.5 Å². The minimum Gasteiger partial charge on any atom is -0.496 e. The highest BCUT2D eigenvalue weighted by molar-refractivity contribution is 6.07.